The molecule has 1 atom stereocenters. The summed E-state index contributed by atoms with van der Waals surface area (Å²) in [7, 11) is 1.59. The molecule has 0 saturated heterocycles. The first-order valence-corrected chi connectivity index (χ1v) is 14.1. The Bertz CT molecular complexity index is 1360. The fourth-order valence-electron chi connectivity index (χ4n) is 4.12. The van der Waals surface area contributed by atoms with E-state index in [2.05, 4.69) is 15.6 Å². The quantitative estimate of drug-likeness (QED) is 0.0942. The van der Waals surface area contributed by atoms with Crippen LogP contribution in [0, 0.1) is 19.3 Å². The van der Waals surface area contributed by atoms with Crippen molar-refractivity contribution in [3.8, 4) is 0 Å². The maximum atomic E-state index is 13.9. The molecule has 43 heavy (non-hydrogen) atoms. The van der Waals surface area contributed by atoms with Gasteiger partial charge in [0.25, 0.3) is 5.91 Å². The minimum Gasteiger partial charge on any atom is -0.397 e. The number of aryl methyl sites for hydroxylation is 1. The molecule has 0 aliphatic rings. The van der Waals surface area contributed by atoms with E-state index >= 15 is 0 Å². The van der Waals surface area contributed by atoms with E-state index in [9.17, 15) is 18.0 Å². The van der Waals surface area contributed by atoms with E-state index in [0.717, 1.165) is 17.2 Å². The minimum absolute atomic E-state index is 0.0441. The zero-order chi connectivity index (χ0) is 32.5. The number of ether oxygens (including phenoxy) is 1. The number of carbonyl (C=O) groups excluding carboxylic acids is 1. The maximum Gasteiger partial charge on any atom is 0.416 e. The highest BCUT2D eigenvalue weighted by molar-refractivity contribution is 6.05. The second-order valence-electron chi connectivity index (χ2n) is 11.7. The summed E-state index contributed by atoms with van der Waals surface area (Å²) in [6, 6.07) is 7.39. The van der Waals surface area contributed by atoms with Crippen molar-refractivity contribution in [1.82, 2.24) is 5.32 Å². The Balaban J connectivity index is 2.36. The topological polar surface area (TPSA) is 118 Å². The van der Waals surface area contributed by atoms with Crippen LogP contribution in [-0.4, -0.2) is 31.9 Å². The van der Waals surface area contributed by atoms with E-state index < -0.39 is 17.6 Å². The number of hydrogen-bond acceptors (Lipinski definition) is 7. The monoisotopic (exact) mass is 602 g/mol. The van der Waals surface area contributed by atoms with Crippen LogP contribution in [0.5, 0.6) is 0 Å². The summed E-state index contributed by atoms with van der Waals surface area (Å²) in [6.45, 7) is 14.0. The van der Waals surface area contributed by atoms with E-state index in [1.807, 2.05) is 41.5 Å². The lowest BCUT2D eigenvalue weighted by molar-refractivity contribution is -0.138. The molecule has 1 amide bonds. The number of hydrazine groups is 1. The largest absolute Gasteiger partial charge is 0.416 e. The lowest BCUT2D eigenvalue weighted by Crippen LogP contribution is -2.27. The van der Waals surface area contributed by atoms with E-state index in [0.29, 0.717) is 29.9 Å². The standard InChI is InChI=1S/C32H45F3N6O2/c1-9-23(16-38-15-21(3)43-8)28(36)18-41(37)29-13-24(11-10-20(29)2)30(42)40-26-12-25(17-39-19-31(5,6)7)22(4)27(14-26)32(33,34)35/h10-16,18,21,39H,9,17,19,36-37H2,1-8H3,(H,40,42)/b23-16+,28-18-,38-15?. The van der Waals surface area contributed by atoms with E-state index in [1.54, 1.807) is 43.8 Å². The summed E-state index contributed by atoms with van der Waals surface area (Å²) in [6.07, 6.45) is 0.675. The van der Waals surface area contributed by atoms with Gasteiger partial charge in [-0.15, -0.1) is 0 Å². The summed E-state index contributed by atoms with van der Waals surface area (Å²) in [4.78, 5) is 17.5. The zero-order valence-electron chi connectivity index (χ0n) is 26.3. The molecule has 1 unspecified atom stereocenters. The first-order valence-electron chi connectivity index (χ1n) is 14.1. The van der Waals surface area contributed by atoms with E-state index in [4.69, 9.17) is 16.3 Å². The van der Waals surface area contributed by atoms with Crippen LogP contribution < -0.4 is 27.2 Å². The molecule has 2 rings (SSSR count). The van der Waals surface area contributed by atoms with Crippen LogP contribution in [0.1, 0.15) is 73.7 Å². The molecule has 0 aliphatic heterocycles. The van der Waals surface area contributed by atoms with Gasteiger partial charge in [0.05, 0.1) is 23.1 Å². The summed E-state index contributed by atoms with van der Waals surface area (Å²) < 4.78 is 46.8. The smallest absolute Gasteiger partial charge is 0.397 e. The normalized spacial score (nSPS) is 13.9. The molecule has 0 spiro atoms. The van der Waals surface area contributed by atoms with Crippen molar-refractivity contribution in [2.45, 2.75) is 73.7 Å². The molecular formula is C32H45F3N6O2. The third-order valence-electron chi connectivity index (χ3n) is 6.73. The van der Waals surface area contributed by atoms with Crippen LogP contribution in [0.3, 0.4) is 0 Å². The van der Waals surface area contributed by atoms with Crippen molar-refractivity contribution in [2.24, 2.45) is 22.0 Å². The first kappa shape index (κ1) is 35.5. The van der Waals surface area contributed by atoms with Crippen LogP contribution in [0.15, 0.2) is 59.0 Å². The summed E-state index contributed by atoms with van der Waals surface area (Å²) in [5, 5.41) is 7.15. The van der Waals surface area contributed by atoms with Gasteiger partial charge in [-0.25, -0.2) is 5.84 Å². The number of nitrogens with one attached hydrogen (secondary N) is 2. The number of halogens is 3. The van der Waals surface area contributed by atoms with Gasteiger partial charge in [0.15, 0.2) is 0 Å². The summed E-state index contributed by atoms with van der Waals surface area (Å²) in [5.41, 5.74) is 8.67. The van der Waals surface area contributed by atoms with Crippen LogP contribution >= 0.6 is 0 Å². The third-order valence-corrected chi connectivity index (χ3v) is 6.73. The molecule has 6 N–H and O–H groups in total. The van der Waals surface area contributed by atoms with Gasteiger partial charge in [0.1, 0.15) is 0 Å². The van der Waals surface area contributed by atoms with Crippen molar-refractivity contribution < 1.29 is 22.7 Å². The van der Waals surface area contributed by atoms with E-state index in [1.165, 1.54) is 18.1 Å². The number of alkyl halides is 3. The summed E-state index contributed by atoms with van der Waals surface area (Å²) >= 11 is 0. The number of allylic oxidation sites excluding steroid dienone is 1. The van der Waals surface area contributed by atoms with Gasteiger partial charge in [-0.3, -0.25) is 14.8 Å². The first-order chi connectivity index (χ1) is 20.0. The average molecular weight is 603 g/mol. The van der Waals surface area contributed by atoms with Gasteiger partial charge in [-0.1, -0.05) is 33.8 Å². The second-order valence-corrected chi connectivity index (χ2v) is 11.7. The molecule has 0 fully saturated rings. The Labute approximate surface area is 253 Å². The van der Waals surface area contributed by atoms with Crippen molar-refractivity contribution in [3.05, 3.63) is 81.8 Å². The summed E-state index contributed by atoms with van der Waals surface area (Å²) in [5.74, 6) is 5.74. The van der Waals surface area contributed by atoms with Crippen LogP contribution in [0.25, 0.3) is 0 Å². The lowest BCUT2D eigenvalue weighted by atomic mass is 9.96. The van der Waals surface area contributed by atoms with E-state index in [-0.39, 0.29) is 34.9 Å². The number of hydrogen-bond donors (Lipinski definition) is 4. The Morgan fingerprint density at radius 2 is 1.84 bits per heavy atom. The lowest BCUT2D eigenvalue weighted by Gasteiger charge is -2.21. The second kappa shape index (κ2) is 15.2. The molecule has 2 aromatic rings. The van der Waals surface area contributed by atoms with Crippen molar-refractivity contribution in [1.29, 1.82) is 0 Å². The predicted molar refractivity (Wildman–Crippen MR) is 169 cm³/mol. The average Bonchev–Trinajstić information content (AvgIpc) is 2.91. The predicted octanol–water partition coefficient (Wildman–Crippen LogP) is 6.59. The number of nitrogens with two attached hydrogens (primary N) is 2. The molecule has 0 radical (unpaired) electrons. The molecule has 0 saturated carbocycles. The SMILES string of the molecule is CCC(=C\N=CC(C)OC)/C(N)=C/N(N)c1cc(C(=O)Nc2cc(CNCC(C)(C)C)c(C)c(C(F)(F)F)c2)ccc1C. The number of amides is 1. The van der Waals surface area contributed by atoms with Gasteiger partial charge in [0.2, 0.25) is 0 Å². The maximum absolute atomic E-state index is 13.9. The molecule has 11 heteroatoms. The minimum atomic E-state index is -4.58. The van der Waals surface area contributed by atoms with Crippen molar-refractivity contribution >= 4 is 23.5 Å². The Hall–Kier alpha value is -3.67. The Kier molecular flexibility index (Phi) is 12.5. The number of nitrogens with zero attached hydrogens (tertiary/aromatic N) is 2. The molecule has 0 aromatic heterocycles. The number of anilines is 2. The third kappa shape index (κ3) is 10.8. The Morgan fingerprint density at radius 1 is 1.16 bits per heavy atom. The van der Waals surface area contributed by atoms with Crippen molar-refractivity contribution in [2.75, 3.05) is 24.0 Å². The van der Waals surface area contributed by atoms with Crippen LogP contribution in [0.2, 0.25) is 0 Å². The molecular weight excluding hydrogens is 557 g/mol. The van der Waals surface area contributed by atoms with Gasteiger partial charge < -0.3 is 21.1 Å². The van der Waals surface area contributed by atoms with Crippen molar-refractivity contribution in [3.63, 3.8) is 0 Å². The molecule has 0 heterocycles. The highest BCUT2D eigenvalue weighted by Crippen LogP contribution is 2.35. The molecule has 2 aromatic carbocycles. The Morgan fingerprint density at radius 3 is 2.42 bits per heavy atom. The van der Waals surface area contributed by atoms with Crippen LogP contribution in [-0.2, 0) is 17.5 Å². The number of methoxy groups -OCH3 is 1. The fourth-order valence-corrected chi connectivity index (χ4v) is 4.12. The number of carbonyl (C=O) groups is 1. The molecule has 8 nitrogen and oxygen atoms in total. The molecule has 236 valence electrons. The number of aliphatic imine (C=N–C) groups is 1. The van der Waals surface area contributed by atoms with Crippen LogP contribution in [0.4, 0.5) is 24.5 Å². The zero-order valence-corrected chi connectivity index (χ0v) is 26.3. The van der Waals surface area contributed by atoms with Gasteiger partial charge >= 0.3 is 6.18 Å². The molecule has 0 bridgehead atoms. The molecule has 0 aliphatic carbocycles. The van der Waals surface area contributed by atoms with Gasteiger partial charge in [0, 0.05) is 50.1 Å². The highest BCUT2D eigenvalue weighted by atomic mass is 19.4. The van der Waals surface area contributed by atoms with Gasteiger partial charge in [-0.05, 0) is 79.1 Å². The highest BCUT2D eigenvalue weighted by Gasteiger charge is 2.34. The number of rotatable bonds is 12. The fraction of sp³-hybridized carbons (Fsp3) is 0.438. The van der Waals surface area contributed by atoms with Gasteiger partial charge in [-0.2, -0.15) is 13.2 Å². The number of benzene rings is 2.